The van der Waals surface area contributed by atoms with E-state index < -0.39 is 33.5 Å². The van der Waals surface area contributed by atoms with Gasteiger partial charge in [0.15, 0.2) is 5.78 Å². The molecule has 9 nitrogen and oxygen atoms in total. The SMILES string of the molecule is CN1C(=O)[C@@H](NC(=O)OC(C)(C)C)COc2ccc(C(=O)CCCS(C)(=O)=O)cc21. The van der Waals surface area contributed by atoms with Gasteiger partial charge in [0.25, 0.3) is 5.91 Å². The molecule has 0 saturated heterocycles. The first-order valence-corrected chi connectivity index (χ1v) is 11.6. The summed E-state index contributed by atoms with van der Waals surface area (Å²) < 4.78 is 33.3. The van der Waals surface area contributed by atoms with E-state index in [1.54, 1.807) is 32.9 Å². The van der Waals surface area contributed by atoms with Crippen LogP contribution in [-0.4, -0.2) is 63.5 Å². The lowest BCUT2D eigenvalue weighted by atomic mass is 10.1. The number of nitrogens with zero attached hydrogens (tertiary/aromatic N) is 1. The minimum atomic E-state index is -3.13. The molecule has 0 bridgehead atoms. The van der Waals surface area contributed by atoms with E-state index >= 15 is 0 Å². The molecule has 0 aliphatic carbocycles. The third-order valence-electron chi connectivity index (χ3n) is 4.29. The molecule has 2 amide bonds. The largest absolute Gasteiger partial charge is 0.489 e. The van der Waals surface area contributed by atoms with E-state index in [-0.39, 0.29) is 31.0 Å². The molecule has 1 aliphatic heterocycles. The Labute approximate surface area is 176 Å². The number of anilines is 1. The van der Waals surface area contributed by atoms with Crippen molar-refractivity contribution in [2.24, 2.45) is 0 Å². The number of ether oxygens (including phenoxy) is 2. The zero-order valence-corrected chi connectivity index (χ0v) is 18.7. The fourth-order valence-corrected chi connectivity index (χ4v) is 3.53. The quantitative estimate of drug-likeness (QED) is 0.672. The molecule has 1 aromatic carbocycles. The number of alkyl carbamates (subject to hydrolysis) is 1. The Morgan fingerprint density at radius 3 is 2.57 bits per heavy atom. The molecule has 0 radical (unpaired) electrons. The van der Waals surface area contributed by atoms with Gasteiger partial charge in [0.05, 0.1) is 11.4 Å². The summed E-state index contributed by atoms with van der Waals surface area (Å²) in [6.45, 7) is 5.06. The fourth-order valence-electron chi connectivity index (χ4n) is 2.86. The molecule has 0 unspecified atom stereocenters. The van der Waals surface area contributed by atoms with Crippen LogP contribution in [0.4, 0.5) is 10.5 Å². The molecule has 1 N–H and O–H groups in total. The van der Waals surface area contributed by atoms with Crippen molar-refractivity contribution in [3.05, 3.63) is 23.8 Å². The van der Waals surface area contributed by atoms with Gasteiger partial charge in [0, 0.05) is 25.3 Å². The highest BCUT2D eigenvalue weighted by Crippen LogP contribution is 2.32. The maximum Gasteiger partial charge on any atom is 0.408 e. The Hall–Kier alpha value is -2.62. The lowest BCUT2D eigenvalue weighted by Crippen LogP contribution is -2.50. The average molecular weight is 441 g/mol. The number of carbonyl (C=O) groups is 3. The van der Waals surface area contributed by atoms with Crippen LogP contribution in [0.15, 0.2) is 18.2 Å². The predicted octanol–water partition coefficient (Wildman–Crippen LogP) is 1.94. The van der Waals surface area contributed by atoms with Crippen molar-refractivity contribution in [3.63, 3.8) is 0 Å². The number of hydrogen-bond acceptors (Lipinski definition) is 7. The summed E-state index contributed by atoms with van der Waals surface area (Å²) in [5.74, 6) is -0.313. The number of rotatable bonds is 6. The Morgan fingerprint density at radius 1 is 1.30 bits per heavy atom. The first-order valence-electron chi connectivity index (χ1n) is 9.52. The van der Waals surface area contributed by atoms with Crippen LogP contribution in [-0.2, 0) is 19.4 Å². The van der Waals surface area contributed by atoms with Crippen molar-refractivity contribution in [1.29, 1.82) is 0 Å². The molecule has 0 saturated carbocycles. The summed E-state index contributed by atoms with van der Waals surface area (Å²) in [6.07, 6.45) is 0.694. The predicted molar refractivity (Wildman–Crippen MR) is 112 cm³/mol. The maximum atomic E-state index is 12.8. The molecule has 1 heterocycles. The number of likely N-dealkylation sites (N-methyl/N-ethyl adjacent to an activating group) is 1. The number of amides is 2. The maximum absolute atomic E-state index is 12.8. The molecule has 1 atom stereocenters. The Kier molecular flexibility index (Phi) is 7.12. The second-order valence-electron chi connectivity index (χ2n) is 8.25. The number of fused-ring (bicyclic) bond motifs is 1. The van der Waals surface area contributed by atoms with Crippen molar-refractivity contribution in [2.45, 2.75) is 45.3 Å². The smallest absolute Gasteiger partial charge is 0.408 e. The number of benzene rings is 1. The zero-order chi connectivity index (χ0) is 22.7. The lowest BCUT2D eigenvalue weighted by Gasteiger charge is -2.23. The summed E-state index contributed by atoms with van der Waals surface area (Å²) >= 11 is 0. The average Bonchev–Trinajstić information content (AvgIpc) is 2.71. The number of nitrogens with one attached hydrogen (secondary N) is 1. The molecule has 1 aromatic rings. The number of hydrogen-bond donors (Lipinski definition) is 1. The summed E-state index contributed by atoms with van der Waals surface area (Å²) in [4.78, 5) is 38.6. The normalized spacial score (nSPS) is 16.9. The van der Waals surface area contributed by atoms with Crippen LogP contribution in [0.1, 0.15) is 44.0 Å². The summed E-state index contributed by atoms with van der Waals surface area (Å²) in [7, 11) is -1.61. The van der Waals surface area contributed by atoms with Gasteiger partial charge < -0.3 is 19.7 Å². The fraction of sp³-hybridized carbons (Fsp3) is 0.550. The van der Waals surface area contributed by atoms with E-state index in [0.717, 1.165) is 6.26 Å². The first kappa shape index (κ1) is 23.7. The molecule has 0 aromatic heterocycles. The van der Waals surface area contributed by atoms with Crippen molar-refractivity contribution in [2.75, 3.05) is 30.6 Å². The van der Waals surface area contributed by atoms with Gasteiger partial charge in [-0.15, -0.1) is 0 Å². The third-order valence-corrected chi connectivity index (χ3v) is 5.32. The molecule has 0 spiro atoms. The van der Waals surface area contributed by atoms with Gasteiger partial charge >= 0.3 is 6.09 Å². The molecule has 30 heavy (non-hydrogen) atoms. The van der Waals surface area contributed by atoms with Crippen LogP contribution in [0, 0.1) is 0 Å². The van der Waals surface area contributed by atoms with Gasteiger partial charge in [-0.25, -0.2) is 13.2 Å². The first-order chi connectivity index (χ1) is 13.8. The molecule has 166 valence electrons. The van der Waals surface area contributed by atoms with E-state index in [0.29, 0.717) is 17.0 Å². The Bertz CT molecular complexity index is 935. The molecule has 1 aliphatic rings. The third kappa shape index (κ3) is 6.72. The van der Waals surface area contributed by atoms with E-state index in [9.17, 15) is 22.8 Å². The lowest BCUT2D eigenvalue weighted by molar-refractivity contribution is -0.120. The standard InChI is InChI=1S/C20H28N2O7S/c1-20(2,3)29-19(25)21-14-12-28-17-9-8-13(11-15(17)22(4)18(14)24)16(23)7-6-10-30(5,26)27/h8-9,11,14H,6-7,10,12H2,1-5H3,(H,21,25)/t14-/m0/s1. The minimum Gasteiger partial charge on any atom is -0.489 e. The van der Waals surface area contributed by atoms with E-state index in [4.69, 9.17) is 9.47 Å². The Balaban J connectivity index is 2.12. The number of carbonyl (C=O) groups excluding carboxylic acids is 3. The van der Waals surface area contributed by atoms with E-state index in [1.165, 1.54) is 18.0 Å². The van der Waals surface area contributed by atoms with Gasteiger partial charge in [0.1, 0.15) is 33.8 Å². The summed E-state index contributed by atoms with van der Waals surface area (Å²) in [5.41, 5.74) is 0.0338. The van der Waals surface area contributed by atoms with E-state index in [1.807, 2.05) is 0 Å². The highest BCUT2D eigenvalue weighted by atomic mass is 32.2. The second kappa shape index (κ2) is 9.03. The monoisotopic (exact) mass is 440 g/mol. The van der Waals surface area contributed by atoms with Crippen LogP contribution in [0.5, 0.6) is 5.75 Å². The van der Waals surface area contributed by atoms with Gasteiger partial charge in [-0.05, 0) is 45.4 Å². The van der Waals surface area contributed by atoms with Crippen LogP contribution >= 0.6 is 0 Å². The van der Waals surface area contributed by atoms with Crippen LogP contribution in [0.2, 0.25) is 0 Å². The van der Waals surface area contributed by atoms with Gasteiger partial charge in [0.2, 0.25) is 0 Å². The molecule has 10 heteroatoms. The highest BCUT2D eigenvalue weighted by molar-refractivity contribution is 7.90. The highest BCUT2D eigenvalue weighted by Gasteiger charge is 2.32. The topological polar surface area (TPSA) is 119 Å². The van der Waals surface area contributed by atoms with Gasteiger partial charge in [-0.3, -0.25) is 9.59 Å². The second-order valence-corrected chi connectivity index (χ2v) is 10.5. The van der Waals surface area contributed by atoms with Crippen molar-refractivity contribution in [3.8, 4) is 5.75 Å². The Morgan fingerprint density at radius 2 is 1.97 bits per heavy atom. The summed E-state index contributed by atoms with van der Waals surface area (Å²) in [5, 5.41) is 2.51. The number of sulfone groups is 1. The molecular formula is C20H28N2O7S. The molecule has 2 rings (SSSR count). The molecule has 0 fully saturated rings. The summed E-state index contributed by atoms with van der Waals surface area (Å²) in [6, 6.07) is 3.73. The van der Waals surface area contributed by atoms with Crippen molar-refractivity contribution in [1.82, 2.24) is 5.32 Å². The van der Waals surface area contributed by atoms with Crippen molar-refractivity contribution >= 4 is 33.3 Å². The number of ketones is 1. The zero-order valence-electron chi connectivity index (χ0n) is 17.9. The number of Topliss-reactive ketones (excluding diaryl/α,β-unsaturated/α-hetero) is 1. The van der Waals surface area contributed by atoms with Gasteiger partial charge in [-0.1, -0.05) is 0 Å². The van der Waals surface area contributed by atoms with Crippen LogP contribution in [0.25, 0.3) is 0 Å². The van der Waals surface area contributed by atoms with E-state index in [2.05, 4.69) is 5.32 Å². The minimum absolute atomic E-state index is 0.0663. The van der Waals surface area contributed by atoms with Crippen molar-refractivity contribution < 1.29 is 32.3 Å². The van der Waals surface area contributed by atoms with Gasteiger partial charge in [-0.2, -0.15) is 0 Å². The molecular weight excluding hydrogens is 412 g/mol. The van der Waals surface area contributed by atoms with Crippen LogP contribution < -0.4 is 15.0 Å². The van der Waals surface area contributed by atoms with Crippen LogP contribution in [0.3, 0.4) is 0 Å².